The summed E-state index contributed by atoms with van der Waals surface area (Å²) in [5.41, 5.74) is 10.9. The lowest BCUT2D eigenvalue weighted by atomic mass is 10.2. The van der Waals surface area contributed by atoms with Crippen LogP contribution in [0.4, 0.5) is 0 Å². The molecule has 0 aromatic heterocycles. The summed E-state index contributed by atoms with van der Waals surface area (Å²) < 4.78 is 10.9. The van der Waals surface area contributed by atoms with E-state index in [2.05, 4.69) is 13.8 Å². The minimum Gasteiger partial charge on any atom is -0.381 e. The molecule has 0 aliphatic carbocycles. The molecule has 0 aromatic rings. The first-order valence-corrected chi connectivity index (χ1v) is 5.76. The van der Waals surface area contributed by atoms with E-state index in [1.54, 1.807) is 0 Å². The Balaban J connectivity index is 3.05. The van der Waals surface area contributed by atoms with Gasteiger partial charge in [-0.3, -0.25) is 0 Å². The molecule has 0 spiro atoms. The molecular weight excluding hydrogens is 192 g/mol. The molecular formula is C11H26N2O2. The lowest BCUT2D eigenvalue weighted by Crippen LogP contribution is -2.18. The van der Waals surface area contributed by atoms with E-state index < -0.39 is 0 Å². The van der Waals surface area contributed by atoms with Crippen molar-refractivity contribution in [3.63, 3.8) is 0 Å². The second-order valence-electron chi connectivity index (χ2n) is 4.19. The Morgan fingerprint density at radius 2 is 1.27 bits per heavy atom. The highest BCUT2D eigenvalue weighted by Crippen LogP contribution is 1.95. The van der Waals surface area contributed by atoms with E-state index in [1.165, 1.54) is 0 Å². The van der Waals surface area contributed by atoms with Crippen molar-refractivity contribution in [2.75, 3.05) is 39.5 Å². The first-order chi connectivity index (χ1) is 7.20. The van der Waals surface area contributed by atoms with Gasteiger partial charge in [-0.2, -0.15) is 0 Å². The summed E-state index contributed by atoms with van der Waals surface area (Å²) in [6.07, 6.45) is 0.939. The molecule has 0 bridgehead atoms. The molecule has 15 heavy (non-hydrogen) atoms. The van der Waals surface area contributed by atoms with Crippen LogP contribution >= 0.6 is 0 Å². The van der Waals surface area contributed by atoms with Gasteiger partial charge in [-0.1, -0.05) is 13.8 Å². The van der Waals surface area contributed by atoms with Crippen molar-refractivity contribution < 1.29 is 9.47 Å². The fourth-order valence-electron chi connectivity index (χ4n) is 0.968. The van der Waals surface area contributed by atoms with Crippen LogP contribution in [0.1, 0.15) is 20.3 Å². The van der Waals surface area contributed by atoms with Crippen molar-refractivity contribution in [2.45, 2.75) is 20.3 Å². The van der Waals surface area contributed by atoms with E-state index in [0.29, 0.717) is 24.9 Å². The predicted octanol–water partition coefficient (Wildman–Crippen LogP) is 0.599. The van der Waals surface area contributed by atoms with Gasteiger partial charge in [0.2, 0.25) is 0 Å². The average Bonchev–Trinajstić information content (AvgIpc) is 2.26. The van der Waals surface area contributed by atoms with Crippen LogP contribution in [0.5, 0.6) is 0 Å². The Bertz CT molecular complexity index is 120. The van der Waals surface area contributed by atoms with Crippen LogP contribution in [-0.4, -0.2) is 39.5 Å². The third kappa shape index (κ3) is 10.1. The van der Waals surface area contributed by atoms with Gasteiger partial charge in [0.25, 0.3) is 0 Å². The number of nitrogens with two attached hydrogens (primary N) is 2. The van der Waals surface area contributed by atoms with E-state index in [-0.39, 0.29) is 0 Å². The molecule has 0 radical (unpaired) electrons. The maximum atomic E-state index is 5.47. The van der Waals surface area contributed by atoms with Crippen molar-refractivity contribution in [2.24, 2.45) is 23.3 Å². The first kappa shape index (κ1) is 14.8. The van der Waals surface area contributed by atoms with Crippen LogP contribution in [-0.2, 0) is 9.47 Å². The van der Waals surface area contributed by atoms with Crippen LogP contribution in [0.3, 0.4) is 0 Å². The highest BCUT2D eigenvalue weighted by molar-refractivity contribution is 4.51. The average molecular weight is 218 g/mol. The third-order valence-electron chi connectivity index (χ3n) is 2.19. The normalized spacial score (nSPS) is 15.2. The van der Waals surface area contributed by atoms with Crippen molar-refractivity contribution in [3.8, 4) is 0 Å². The second-order valence-corrected chi connectivity index (χ2v) is 4.19. The lowest BCUT2D eigenvalue weighted by molar-refractivity contribution is 0.0607. The number of ether oxygens (including phenoxy) is 2. The Morgan fingerprint density at radius 3 is 1.60 bits per heavy atom. The van der Waals surface area contributed by atoms with E-state index in [0.717, 1.165) is 32.8 Å². The highest BCUT2D eigenvalue weighted by Gasteiger charge is 2.00. The number of rotatable bonds is 10. The Labute approximate surface area is 93.3 Å². The van der Waals surface area contributed by atoms with Gasteiger partial charge < -0.3 is 20.9 Å². The molecule has 0 saturated carbocycles. The zero-order chi connectivity index (χ0) is 11.5. The van der Waals surface area contributed by atoms with E-state index in [4.69, 9.17) is 20.9 Å². The quantitative estimate of drug-likeness (QED) is 0.527. The SMILES string of the molecule is CC(CN)COCCCOCC(C)CN. The van der Waals surface area contributed by atoms with Crippen LogP contribution in [0.15, 0.2) is 0 Å². The van der Waals surface area contributed by atoms with Crippen molar-refractivity contribution in [1.82, 2.24) is 0 Å². The summed E-state index contributed by atoms with van der Waals surface area (Å²) in [7, 11) is 0. The minimum atomic E-state index is 0.447. The fourth-order valence-corrected chi connectivity index (χ4v) is 0.968. The van der Waals surface area contributed by atoms with Gasteiger partial charge >= 0.3 is 0 Å². The summed E-state index contributed by atoms with van der Waals surface area (Å²) >= 11 is 0. The smallest absolute Gasteiger partial charge is 0.0503 e. The summed E-state index contributed by atoms with van der Waals surface area (Å²) in [6, 6.07) is 0. The van der Waals surface area contributed by atoms with Crippen LogP contribution in [0.2, 0.25) is 0 Å². The van der Waals surface area contributed by atoms with Gasteiger partial charge in [-0.25, -0.2) is 0 Å². The molecule has 0 amide bonds. The maximum Gasteiger partial charge on any atom is 0.0503 e. The molecule has 0 aliphatic rings. The summed E-state index contributed by atoms with van der Waals surface area (Å²) in [5.74, 6) is 0.895. The van der Waals surface area contributed by atoms with Crippen LogP contribution in [0, 0.1) is 11.8 Å². The summed E-state index contributed by atoms with van der Waals surface area (Å²) in [6.45, 7) is 8.53. The topological polar surface area (TPSA) is 70.5 Å². The largest absolute Gasteiger partial charge is 0.381 e. The maximum absolute atomic E-state index is 5.47. The van der Waals surface area contributed by atoms with Gasteiger partial charge in [0.1, 0.15) is 0 Å². The highest BCUT2D eigenvalue weighted by atomic mass is 16.5. The molecule has 4 heteroatoms. The molecule has 92 valence electrons. The van der Waals surface area contributed by atoms with E-state index in [1.807, 2.05) is 0 Å². The summed E-state index contributed by atoms with van der Waals surface area (Å²) in [5, 5.41) is 0. The molecule has 0 rings (SSSR count). The zero-order valence-corrected chi connectivity index (χ0v) is 10.1. The molecule has 4 N–H and O–H groups in total. The Kier molecular flexibility index (Phi) is 10.3. The van der Waals surface area contributed by atoms with Crippen molar-refractivity contribution in [3.05, 3.63) is 0 Å². The third-order valence-corrected chi connectivity index (χ3v) is 2.19. The number of hydrogen-bond acceptors (Lipinski definition) is 4. The van der Waals surface area contributed by atoms with E-state index >= 15 is 0 Å². The number of hydrogen-bond donors (Lipinski definition) is 2. The molecule has 2 unspecified atom stereocenters. The van der Waals surface area contributed by atoms with Gasteiger partial charge in [-0.15, -0.1) is 0 Å². The minimum absolute atomic E-state index is 0.447. The molecule has 4 nitrogen and oxygen atoms in total. The van der Waals surface area contributed by atoms with Gasteiger partial charge in [-0.05, 0) is 31.3 Å². The molecule has 0 aliphatic heterocycles. The first-order valence-electron chi connectivity index (χ1n) is 5.76. The van der Waals surface area contributed by atoms with Crippen molar-refractivity contribution in [1.29, 1.82) is 0 Å². The van der Waals surface area contributed by atoms with Crippen LogP contribution < -0.4 is 11.5 Å². The van der Waals surface area contributed by atoms with Gasteiger partial charge in [0, 0.05) is 13.2 Å². The zero-order valence-electron chi connectivity index (χ0n) is 10.1. The molecule has 0 fully saturated rings. The second kappa shape index (κ2) is 10.4. The molecule has 0 aromatic carbocycles. The molecule has 0 saturated heterocycles. The van der Waals surface area contributed by atoms with Gasteiger partial charge in [0.15, 0.2) is 0 Å². The van der Waals surface area contributed by atoms with Gasteiger partial charge in [0.05, 0.1) is 13.2 Å². The van der Waals surface area contributed by atoms with Crippen molar-refractivity contribution >= 4 is 0 Å². The lowest BCUT2D eigenvalue weighted by Gasteiger charge is -2.11. The standard InChI is InChI=1S/C11H26N2O2/c1-10(6-12)8-14-4-3-5-15-9-11(2)7-13/h10-11H,3-9,12-13H2,1-2H3. The Morgan fingerprint density at radius 1 is 0.867 bits per heavy atom. The molecule has 0 heterocycles. The predicted molar refractivity (Wildman–Crippen MR) is 62.7 cm³/mol. The fraction of sp³-hybridized carbons (Fsp3) is 1.00. The van der Waals surface area contributed by atoms with E-state index in [9.17, 15) is 0 Å². The molecule has 2 atom stereocenters. The monoisotopic (exact) mass is 218 g/mol. The van der Waals surface area contributed by atoms with Crippen LogP contribution in [0.25, 0.3) is 0 Å². The Hall–Kier alpha value is -0.160. The summed E-state index contributed by atoms with van der Waals surface area (Å²) in [4.78, 5) is 0.